The predicted octanol–water partition coefficient (Wildman–Crippen LogP) is 2.39. The summed E-state index contributed by atoms with van der Waals surface area (Å²) in [7, 11) is 0. The van der Waals surface area contributed by atoms with Crippen LogP contribution in [0.2, 0.25) is 0 Å². The summed E-state index contributed by atoms with van der Waals surface area (Å²) in [6, 6.07) is 7.72. The number of benzene rings is 1. The molecule has 0 radical (unpaired) electrons. The molecule has 1 aromatic rings. The molecule has 0 aliphatic carbocycles. The molecule has 0 aromatic heterocycles. The molecule has 0 spiro atoms. The summed E-state index contributed by atoms with van der Waals surface area (Å²) < 4.78 is 1.02. The second-order valence-electron chi connectivity index (χ2n) is 3.45. The normalized spacial score (nSPS) is 22.4. The minimum absolute atomic E-state index is 0.0207. The summed E-state index contributed by atoms with van der Waals surface area (Å²) in [5, 5.41) is 11.0. The van der Waals surface area contributed by atoms with E-state index in [4.69, 9.17) is 0 Å². The van der Waals surface area contributed by atoms with Crippen LogP contribution >= 0.6 is 27.7 Å². The number of hydrogen-bond donors (Lipinski definition) is 1. The van der Waals surface area contributed by atoms with Gasteiger partial charge in [0.15, 0.2) is 5.17 Å². The molecule has 0 saturated carbocycles. The van der Waals surface area contributed by atoms with Crippen molar-refractivity contribution in [2.45, 2.75) is 12.2 Å². The Balaban J connectivity index is 2.00. The fourth-order valence-corrected chi connectivity index (χ4v) is 2.22. The largest absolute Gasteiger partial charge is 0.303 e. The summed E-state index contributed by atoms with van der Waals surface area (Å²) in [5.74, 6) is -0.0207. The lowest BCUT2D eigenvalue weighted by Gasteiger charge is -1.92. The Labute approximate surface area is 112 Å². The Kier molecular flexibility index (Phi) is 3.96. The second-order valence-corrected chi connectivity index (χ2v) is 5.70. The number of carbonyl (C=O) groups is 1. The van der Waals surface area contributed by atoms with E-state index in [9.17, 15) is 4.79 Å². The number of amidine groups is 1. The van der Waals surface area contributed by atoms with Crippen LogP contribution in [0.1, 0.15) is 12.5 Å². The number of halogens is 1. The molecule has 1 unspecified atom stereocenters. The van der Waals surface area contributed by atoms with Gasteiger partial charge in [0, 0.05) is 4.47 Å². The first-order valence-corrected chi connectivity index (χ1v) is 6.66. The Hall–Kier alpha value is -1.14. The van der Waals surface area contributed by atoms with Gasteiger partial charge in [0.05, 0.1) is 11.5 Å². The molecule has 1 saturated heterocycles. The van der Waals surface area contributed by atoms with Gasteiger partial charge < -0.3 is 5.32 Å². The van der Waals surface area contributed by atoms with Crippen LogP contribution in [0.4, 0.5) is 0 Å². The first kappa shape index (κ1) is 12.3. The van der Waals surface area contributed by atoms with E-state index >= 15 is 0 Å². The van der Waals surface area contributed by atoms with E-state index in [1.54, 1.807) is 6.21 Å². The molecule has 4 nitrogen and oxygen atoms in total. The quantitative estimate of drug-likeness (QED) is 0.673. The maximum absolute atomic E-state index is 11.2. The van der Waals surface area contributed by atoms with Crippen LogP contribution < -0.4 is 5.32 Å². The summed E-state index contributed by atoms with van der Waals surface area (Å²) in [5.41, 5.74) is 0.958. The third kappa shape index (κ3) is 3.41. The Morgan fingerprint density at radius 3 is 2.71 bits per heavy atom. The lowest BCUT2D eigenvalue weighted by Crippen LogP contribution is -2.23. The average molecular weight is 312 g/mol. The minimum Gasteiger partial charge on any atom is -0.303 e. The molecule has 2 rings (SSSR count). The van der Waals surface area contributed by atoms with Crippen LogP contribution in [-0.2, 0) is 4.79 Å². The predicted molar refractivity (Wildman–Crippen MR) is 74.4 cm³/mol. The summed E-state index contributed by atoms with van der Waals surface area (Å²) in [6.07, 6.45) is 1.65. The molecule has 1 heterocycles. The molecule has 88 valence electrons. The van der Waals surface area contributed by atoms with Gasteiger partial charge in [0.2, 0.25) is 5.91 Å². The van der Waals surface area contributed by atoms with Crippen LogP contribution in [0, 0.1) is 0 Å². The molecular formula is C11H10BrN3OS. The summed E-state index contributed by atoms with van der Waals surface area (Å²) in [4.78, 5) is 11.2. The first-order chi connectivity index (χ1) is 8.15. The Morgan fingerprint density at radius 1 is 1.41 bits per heavy atom. The highest BCUT2D eigenvalue weighted by atomic mass is 79.9. The van der Waals surface area contributed by atoms with Gasteiger partial charge in [-0.15, -0.1) is 5.10 Å². The number of rotatable bonds is 2. The topological polar surface area (TPSA) is 53.8 Å². The molecule has 6 heteroatoms. The van der Waals surface area contributed by atoms with Gasteiger partial charge in [-0.3, -0.25) is 4.79 Å². The molecule has 1 amide bonds. The van der Waals surface area contributed by atoms with Crippen molar-refractivity contribution >= 4 is 45.0 Å². The Bertz CT molecular complexity index is 484. The van der Waals surface area contributed by atoms with Gasteiger partial charge in [-0.1, -0.05) is 39.8 Å². The fraction of sp³-hybridized carbons (Fsp3) is 0.182. The van der Waals surface area contributed by atoms with Gasteiger partial charge >= 0.3 is 0 Å². The van der Waals surface area contributed by atoms with Crippen molar-refractivity contribution in [1.82, 2.24) is 5.32 Å². The average Bonchev–Trinajstić information content (AvgIpc) is 2.61. The molecule has 0 bridgehead atoms. The number of carbonyl (C=O) groups excluding carboxylic acids is 1. The third-order valence-corrected chi connectivity index (χ3v) is 3.62. The summed E-state index contributed by atoms with van der Waals surface area (Å²) >= 11 is 4.74. The number of hydrogen-bond acceptors (Lipinski definition) is 4. The van der Waals surface area contributed by atoms with Crippen molar-refractivity contribution in [2.75, 3.05) is 0 Å². The molecule has 1 aromatic carbocycles. The highest BCUT2D eigenvalue weighted by Crippen LogP contribution is 2.18. The maximum atomic E-state index is 11.2. The van der Waals surface area contributed by atoms with Crippen molar-refractivity contribution in [2.24, 2.45) is 10.2 Å². The highest BCUT2D eigenvalue weighted by Gasteiger charge is 2.25. The van der Waals surface area contributed by atoms with E-state index < -0.39 is 0 Å². The van der Waals surface area contributed by atoms with Gasteiger partial charge in [0.1, 0.15) is 0 Å². The standard InChI is InChI=1S/C11H10BrN3OS/c1-7-10(16)14-11(17-7)15-13-6-8-2-4-9(12)5-3-8/h2-7H,1H3,(H,14,15,16)/b13-6+. The molecule has 1 aliphatic rings. The number of thioether (sulfide) groups is 1. The SMILES string of the molecule is CC1S/C(=N\N=C\c2ccc(Br)cc2)NC1=O. The van der Waals surface area contributed by atoms with E-state index in [0.29, 0.717) is 5.17 Å². The third-order valence-electron chi connectivity index (χ3n) is 2.11. The highest BCUT2D eigenvalue weighted by molar-refractivity contribution is 9.10. The molecule has 1 atom stereocenters. The zero-order valence-electron chi connectivity index (χ0n) is 9.05. The van der Waals surface area contributed by atoms with Crippen molar-refractivity contribution in [3.8, 4) is 0 Å². The van der Waals surface area contributed by atoms with Gasteiger partial charge in [-0.05, 0) is 24.6 Å². The van der Waals surface area contributed by atoms with Crippen LogP contribution in [0.5, 0.6) is 0 Å². The molecule has 1 aliphatic heterocycles. The Morgan fingerprint density at radius 2 is 2.12 bits per heavy atom. The smallest absolute Gasteiger partial charge is 0.239 e. The maximum Gasteiger partial charge on any atom is 0.239 e. The lowest BCUT2D eigenvalue weighted by molar-refractivity contribution is -0.118. The van der Waals surface area contributed by atoms with E-state index in [0.717, 1.165) is 10.0 Å². The molecule has 1 N–H and O–H groups in total. The molecule has 17 heavy (non-hydrogen) atoms. The van der Waals surface area contributed by atoms with Gasteiger partial charge in [0.25, 0.3) is 0 Å². The van der Waals surface area contributed by atoms with E-state index in [-0.39, 0.29) is 11.2 Å². The second kappa shape index (κ2) is 5.46. The van der Waals surface area contributed by atoms with Crippen LogP contribution in [0.25, 0.3) is 0 Å². The van der Waals surface area contributed by atoms with E-state index in [1.807, 2.05) is 31.2 Å². The van der Waals surface area contributed by atoms with Crippen molar-refractivity contribution in [3.05, 3.63) is 34.3 Å². The number of amides is 1. The zero-order valence-corrected chi connectivity index (χ0v) is 11.5. The van der Waals surface area contributed by atoms with Gasteiger partial charge in [-0.25, -0.2) is 0 Å². The zero-order chi connectivity index (χ0) is 12.3. The van der Waals surface area contributed by atoms with Crippen molar-refractivity contribution in [3.63, 3.8) is 0 Å². The minimum atomic E-state index is -0.0865. The lowest BCUT2D eigenvalue weighted by atomic mass is 10.2. The molecular weight excluding hydrogens is 302 g/mol. The van der Waals surface area contributed by atoms with Crippen LogP contribution in [0.15, 0.2) is 38.9 Å². The first-order valence-electron chi connectivity index (χ1n) is 4.99. The number of nitrogens with one attached hydrogen (secondary N) is 1. The van der Waals surface area contributed by atoms with Crippen molar-refractivity contribution < 1.29 is 4.79 Å². The molecule has 1 fully saturated rings. The summed E-state index contributed by atoms with van der Waals surface area (Å²) in [6.45, 7) is 1.83. The van der Waals surface area contributed by atoms with Crippen LogP contribution in [0.3, 0.4) is 0 Å². The van der Waals surface area contributed by atoms with E-state index in [1.165, 1.54) is 11.8 Å². The van der Waals surface area contributed by atoms with E-state index in [2.05, 4.69) is 31.4 Å². The fourth-order valence-electron chi connectivity index (χ4n) is 1.20. The number of nitrogens with zero attached hydrogens (tertiary/aromatic N) is 2. The van der Waals surface area contributed by atoms with Crippen molar-refractivity contribution in [1.29, 1.82) is 0 Å². The van der Waals surface area contributed by atoms with Gasteiger partial charge in [-0.2, -0.15) is 5.10 Å². The van der Waals surface area contributed by atoms with Crippen LogP contribution in [-0.4, -0.2) is 22.5 Å². The monoisotopic (exact) mass is 311 g/mol.